The fourth-order valence-electron chi connectivity index (χ4n) is 2.79. The number of nitrogens with zero attached hydrogens (tertiary/aromatic N) is 1. The van der Waals surface area contributed by atoms with Crippen molar-refractivity contribution in [3.8, 4) is 0 Å². The van der Waals surface area contributed by atoms with Crippen LogP contribution in [0.25, 0.3) is 0 Å². The van der Waals surface area contributed by atoms with Gasteiger partial charge in [0.05, 0.1) is 6.61 Å². The molecule has 0 bridgehead atoms. The largest absolute Gasteiger partial charge is 0.383 e. The van der Waals surface area contributed by atoms with Gasteiger partial charge in [-0.2, -0.15) is 0 Å². The predicted octanol–water partition coefficient (Wildman–Crippen LogP) is 2.65. The van der Waals surface area contributed by atoms with Crippen LogP contribution in [0, 0.1) is 5.92 Å². The molecule has 2 rings (SSSR count). The Morgan fingerprint density at radius 1 is 1.35 bits per heavy atom. The Bertz CT molecular complexity index is 404. The predicted molar refractivity (Wildman–Crippen MR) is 83.7 cm³/mol. The van der Waals surface area contributed by atoms with E-state index in [0.717, 1.165) is 32.2 Å². The Morgan fingerprint density at radius 2 is 2.10 bits per heavy atom. The quantitative estimate of drug-likeness (QED) is 0.750. The van der Waals surface area contributed by atoms with Crippen molar-refractivity contribution in [3.05, 3.63) is 35.4 Å². The second-order valence-corrected chi connectivity index (χ2v) is 5.89. The summed E-state index contributed by atoms with van der Waals surface area (Å²) in [5, 5.41) is 3.22. The third-order valence-corrected chi connectivity index (χ3v) is 4.22. The molecular weight excluding hydrogens is 248 g/mol. The Morgan fingerprint density at radius 3 is 2.75 bits per heavy atom. The first kappa shape index (κ1) is 15.5. The Kier molecular flexibility index (Phi) is 6.02. The van der Waals surface area contributed by atoms with E-state index in [0.29, 0.717) is 6.04 Å². The molecule has 1 fully saturated rings. The number of rotatable bonds is 9. The van der Waals surface area contributed by atoms with Crippen LogP contribution in [0.3, 0.4) is 0 Å². The van der Waals surface area contributed by atoms with Crippen LogP contribution in [0.1, 0.15) is 30.9 Å². The van der Waals surface area contributed by atoms with Crippen molar-refractivity contribution >= 4 is 0 Å². The van der Waals surface area contributed by atoms with Gasteiger partial charge in [0, 0.05) is 32.8 Å². The molecule has 1 unspecified atom stereocenters. The standard InChI is InChI=1S/C17H28N2O/c1-14(17-7-8-17)19(9-10-20-3)13-16-6-4-5-15(11-16)12-18-2/h4-6,11,14,17-18H,7-10,12-13H2,1-3H3. The van der Waals surface area contributed by atoms with E-state index in [2.05, 4.69) is 41.4 Å². The van der Waals surface area contributed by atoms with E-state index in [4.69, 9.17) is 4.74 Å². The van der Waals surface area contributed by atoms with E-state index in [-0.39, 0.29) is 0 Å². The van der Waals surface area contributed by atoms with Gasteiger partial charge >= 0.3 is 0 Å². The minimum Gasteiger partial charge on any atom is -0.383 e. The van der Waals surface area contributed by atoms with Gasteiger partial charge in [-0.05, 0) is 43.9 Å². The monoisotopic (exact) mass is 276 g/mol. The zero-order chi connectivity index (χ0) is 14.4. The molecule has 0 aromatic heterocycles. The average Bonchev–Trinajstić information content (AvgIpc) is 3.28. The Balaban J connectivity index is 1.99. The zero-order valence-corrected chi connectivity index (χ0v) is 13.1. The molecule has 1 N–H and O–H groups in total. The van der Waals surface area contributed by atoms with Crippen LogP contribution < -0.4 is 5.32 Å². The third kappa shape index (κ3) is 4.58. The number of methoxy groups -OCH3 is 1. The van der Waals surface area contributed by atoms with Crippen LogP contribution in [0.2, 0.25) is 0 Å². The van der Waals surface area contributed by atoms with Gasteiger partial charge < -0.3 is 10.1 Å². The molecule has 112 valence electrons. The minimum absolute atomic E-state index is 0.665. The highest BCUT2D eigenvalue weighted by atomic mass is 16.5. The highest BCUT2D eigenvalue weighted by Crippen LogP contribution is 2.35. The Hall–Kier alpha value is -0.900. The van der Waals surface area contributed by atoms with Crippen molar-refractivity contribution in [1.29, 1.82) is 0 Å². The fourth-order valence-corrected chi connectivity index (χ4v) is 2.79. The Labute approximate surface area is 123 Å². The molecule has 1 atom stereocenters. The highest BCUT2D eigenvalue weighted by molar-refractivity contribution is 5.23. The lowest BCUT2D eigenvalue weighted by Crippen LogP contribution is -2.36. The normalized spacial score (nSPS) is 16.6. The maximum Gasteiger partial charge on any atom is 0.0589 e. The molecule has 1 saturated carbocycles. The molecular formula is C17H28N2O. The van der Waals surface area contributed by atoms with Gasteiger partial charge in [-0.3, -0.25) is 4.90 Å². The first-order valence-corrected chi connectivity index (χ1v) is 7.70. The lowest BCUT2D eigenvalue weighted by atomic mass is 10.1. The van der Waals surface area contributed by atoms with Gasteiger partial charge in [0.2, 0.25) is 0 Å². The fraction of sp³-hybridized carbons (Fsp3) is 0.647. The summed E-state index contributed by atoms with van der Waals surface area (Å²) in [5.74, 6) is 0.896. The first-order chi connectivity index (χ1) is 9.74. The van der Waals surface area contributed by atoms with Gasteiger partial charge in [0.15, 0.2) is 0 Å². The van der Waals surface area contributed by atoms with Gasteiger partial charge in [-0.1, -0.05) is 24.3 Å². The summed E-state index contributed by atoms with van der Waals surface area (Å²) in [6.45, 7) is 6.16. The molecule has 1 aliphatic rings. The van der Waals surface area contributed by atoms with E-state index in [1.54, 1.807) is 7.11 Å². The number of hydrogen-bond donors (Lipinski definition) is 1. The lowest BCUT2D eigenvalue weighted by Gasteiger charge is -2.29. The van der Waals surface area contributed by atoms with Crippen molar-refractivity contribution in [2.24, 2.45) is 5.92 Å². The molecule has 0 aliphatic heterocycles. The van der Waals surface area contributed by atoms with Crippen molar-refractivity contribution in [2.75, 3.05) is 27.3 Å². The second-order valence-electron chi connectivity index (χ2n) is 5.89. The minimum atomic E-state index is 0.665. The van der Waals surface area contributed by atoms with Crippen molar-refractivity contribution in [1.82, 2.24) is 10.2 Å². The van der Waals surface area contributed by atoms with Crippen LogP contribution in [0.5, 0.6) is 0 Å². The summed E-state index contributed by atoms with van der Waals surface area (Å²) in [5.41, 5.74) is 2.76. The highest BCUT2D eigenvalue weighted by Gasteiger charge is 2.31. The molecule has 1 aromatic carbocycles. The molecule has 1 aliphatic carbocycles. The average molecular weight is 276 g/mol. The van der Waals surface area contributed by atoms with Crippen LogP contribution >= 0.6 is 0 Å². The number of hydrogen-bond acceptors (Lipinski definition) is 3. The molecule has 3 heteroatoms. The van der Waals surface area contributed by atoms with E-state index < -0.39 is 0 Å². The van der Waals surface area contributed by atoms with Crippen molar-refractivity contribution in [2.45, 2.75) is 38.9 Å². The summed E-state index contributed by atoms with van der Waals surface area (Å²) in [6, 6.07) is 9.56. The van der Waals surface area contributed by atoms with Gasteiger partial charge in [0.25, 0.3) is 0 Å². The van der Waals surface area contributed by atoms with Crippen LogP contribution in [0.4, 0.5) is 0 Å². The molecule has 3 nitrogen and oxygen atoms in total. The van der Waals surface area contributed by atoms with E-state index in [1.165, 1.54) is 24.0 Å². The van der Waals surface area contributed by atoms with E-state index >= 15 is 0 Å². The van der Waals surface area contributed by atoms with Crippen LogP contribution in [-0.2, 0) is 17.8 Å². The van der Waals surface area contributed by atoms with E-state index in [9.17, 15) is 0 Å². The molecule has 0 spiro atoms. The molecule has 0 heterocycles. The summed E-state index contributed by atoms with van der Waals surface area (Å²) < 4.78 is 5.27. The topological polar surface area (TPSA) is 24.5 Å². The smallest absolute Gasteiger partial charge is 0.0589 e. The second kappa shape index (κ2) is 7.77. The van der Waals surface area contributed by atoms with Gasteiger partial charge in [0.1, 0.15) is 0 Å². The molecule has 1 aromatic rings. The summed E-state index contributed by atoms with van der Waals surface area (Å²) in [4.78, 5) is 2.57. The van der Waals surface area contributed by atoms with Crippen LogP contribution in [0.15, 0.2) is 24.3 Å². The van der Waals surface area contributed by atoms with Gasteiger partial charge in [-0.25, -0.2) is 0 Å². The van der Waals surface area contributed by atoms with Crippen molar-refractivity contribution < 1.29 is 4.74 Å². The summed E-state index contributed by atoms with van der Waals surface area (Å²) in [6.07, 6.45) is 2.79. The zero-order valence-electron chi connectivity index (χ0n) is 13.1. The lowest BCUT2D eigenvalue weighted by molar-refractivity contribution is 0.111. The maximum absolute atomic E-state index is 5.27. The number of nitrogens with one attached hydrogen (secondary N) is 1. The molecule has 0 saturated heterocycles. The molecule has 0 amide bonds. The summed E-state index contributed by atoms with van der Waals surface area (Å²) >= 11 is 0. The number of benzene rings is 1. The SMILES string of the molecule is CNCc1cccc(CN(CCOC)C(C)C2CC2)c1. The van der Waals surface area contributed by atoms with Gasteiger partial charge in [-0.15, -0.1) is 0 Å². The molecule has 20 heavy (non-hydrogen) atoms. The van der Waals surface area contributed by atoms with Crippen molar-refractivity contribution in [3.63, 3.8) is 0 Å². The first-order valence-electron chi connectivity index (χ1n) is 7.70. The third-order valence-electron chi connectivity index (χ3n) is 4.22. The van der Waals surface area contributed by atoms with E-state index in [1.807, 2.05) is 7.05 Å². The number of ether oxygens (including phenoxy) is 1. The van der Waals surface area contributed by atoms with Crippen LogP contribution in [-0.4, -0.2) is 38.3 Å². The molecule has 0 radical (unpaired) electrons. The summed E-state index contributed by atoms with van der Waals surface area (Å²) in [7, 11) is 3.78. The maximum atomic E-state index is 5.27.